The first-order valence-corrected chi connectivity index (χ1v) is 5.92. The van der Waals surface area contributed by atoms with Crippen molar-refractivity contribution in [1.82, 2.24) is 5.32 Å². The van der Waals surface area contributed by atoms with Gasteiger partial charge in [-0.15, -0.1) is 11.3 Å². The van der Waals surface area contributed by atoms with Crippen LogP contribution in [0, 0.1) is 0 Å². The smallest absolute Gasteiger partial charge is 0.320 e. The monoisotopic (exact) mass is 230 g/mol. The number of urea groups is 1. The Morgan fingerprint density at radius 2 is 2.00 bits per heavy atom. The molecule has 1 aliphatic rings. The summed E-state index contributed by atoms with van der Waals surface area (Å²) in [5, 5.41) is 7.76. The van der Waals surface area contributed by atoms with E-state index >= 15 is 0 Å². The van der Waals surface area contributed by atoms with Crippen LogP contribution < -0.4 is 10.6 Å². The van der Waals surface area contributed by atoms with Crippen LogP contribution >= 0.6 is 11.3 Å². The van der Waals surface area contributed by atoms with Crippen molar-refractivity contribution in [2.45, 2.75) is 6.04 Å². The van der Waals surface area contributed by atoms with Crippen LogP contribution in [0.3, 0.4) is 0 Å². The first-order chi connectivity index (χ1) is 7.84. The van der Waals surface area contributed by atoms with Gasteiger partial charge in [-0.1, -0.05) is 24.3 Å². The van der Waals surface area contributed by atoms with Crippen LogP contribution in [-0.4, -0.2) is 6.03 Å². The summed E-state index contributed by atoms with van der Waals surface area (Å²) in [6.45, 7) is 0. The molecule has 1 aromatic heterocycles. The SMILES string of the molecule is O=C1Nc2ccccc2C(c2cccs2)N1. The molecule has 16 heavy (non-hydrogen) atoms. The predicted octanol–water partition coefficient (Wildman–Crippen LogP) is 2.97. The second-order valence-corrected chi connectivity index (χ2v) is 4.61. The van der Waals surface area contributed by atoms with Crippen LogP contribution in [0.25, 0.3) is 0 Å². The van der Waals surface area contributed by atoms with Crippen molar-refractivity contribution in [2.24, 2.45) is 0 Å². The number of carbonyl (C=O) groups is 1. The van der Waals surface area contributed by atoms with E-state index in [0.717, 1.165) is 16.1 Å². The highest BCUT2D eigenvalue weighted by Crippen LogP contribution is 2.33. The van der Waals surface area contributed by atoms with E-state index in [4.69, 9.17) is 0 Å². The Morgan fingerprint density at radius 3 is 2.81 bits per heavy atom. The Kier molecular flexibility index (Phi) is 2.15. The highest BCUT2D eigenvalue weighted by molar-refractivity contribution is 7.10. The normalized spacial score (nSPS) is 18.5. The van der Waals surface area contributed by atoms with Gasteiger partial charge in [-0.3, -0.25) is 0 Å². The van der Waals surface area contributed by atoms with Crippen molar-refractivity contribution < 1.29 is 4.79 Å². The van der Waals surface area contributed by atoms with Gasteiger partial charge in [-0.25, -0.2) is 4.79 Å². The van der Waals surface area contributed by atoms with E-state index in [0.29, 0.717) is 0 Å². The van der Waals surface area contributed by atoms with Crippen molar-refractivity contribution >= 4 is 23.1 Å². The van der Waals surface area contributed by atoms with Crippen molar-refractivity contribution in [1.29, 1.82) is 0 Å². The molecular weight excluding hydrogens is 220 g/mol. The average molecular weight is 230 g/mol. The third-order valence-corrected chi connectivity index (χ3v) is 3.56. The molecule has 4 heteroatoms. The third kappa shape index (κ3) is 1.47. The van der Waals surface area contributed by atoms with Gasteiger partial charge >= 0.3 is 6.03 Å². The number of amides is 2. The number of hydrogen-bond acceptors (Lipinski definition) is 2. The van der Waals surface area contributed by atoms with Gasteiger partial charge in [-0.2, -0.15) is 0 Å². The molecule has 0 bridgehead atoms. The van der Waals surface area contributed by atoms with Crippen LogP contribution in [0.1, 0.15) is 16.5 Å². The topological polar surface area (TPSA) is 41.1 Å². The number of anilines is 1. The lowest BCUT2D eigenvalue weighted by molar-refractivity contribution is 0.249. The Hall–Kier alpha value is -1.81. The van der Waals surface area contributed by atoms with Crippen molar-refractivity contribution in [3.63, 3.8) is 0 Å². The molecule has 2 N–H and O–H groups in total. The van der Waals surface area contributed by atoms with Crippen LogP contribution in [-0.2, 0) is 0 Å². The maximum Gasteiger partial charge on any atom is 0.320 e. The zero-order valence-corrected chi connectivity index (χ0v) is 9.25. The Balaban J connectivity index is 2.10. The molecule has 1 aliphatic heterocycles. The Morgan fingerprint density at radius 1 is 1.12 bits per heavy atom. The van der Waals surface area contributed by atoms with Gasteiger partial charge in [0.1, 0.15) is 0 Å². The van der Waals surface area contributed by atoms with E-state index in [2.05, 4.69) is 10.6 Å². The van der Waals surface area contributed by atoms with Gasteiger partial charge in [0.2, 0.25) is 0 Å². The molecule has 0 spiro atoms. The van der Waals surface area contributed by atoms with Crippen LogP contribution in [0.15, 0.2) is 41.8 Å². The second kappa shape index (κ2) is 3.64. The zero-order chi connectivity index (χ0) is 11.0. The summed E-state index contributed by atoms with van der Waals surface area (Å²) >= 11 is 1.65. The highest BCUT2D eigenvalue weighted by atomic mass is 32.1. The standard InChI is InChI=1S/C12H10N2OS/c15-12-13-9-5-2-1-4-8(9)11(14-12)10-6-3-7-16-10/h1-7,11H,(H2,13,14,15). The van der Waals surface area contributed by atoms with E-state index < -0.39 is 0 Å². The van der Waals surface area contributed by atoms with Crippen LogP contribution in [0.2, 0.25) is 0 Å². The Bertz CT molecular complexity index is 522. The predicted molar refractivity (Wildman–Crippen MR) is 64.8 cm³/mol. The van der Waals surface area contributed by atoms with Gasteiger partial charge in [0.15, 0.2) is 0 Å². The molecule has 2 amide bonds. The van der Waals surface area contributed by atoms with Crippen molar-refractivity contribution in [2.75, 3.05) is 5.32 Å². The lowest BCUT2D eigenvalue weighted by atomic mass is 10.0. The van der Waals surface area contributed by atoms with Crippen LogP contribution in [0.4, 0.5) is 10.5 Å². The highest BCUT2D eigenvalue weighted by Gasteiger charge is 2.25. The number of thiophene rings is 1. The summed E-state index contributed by atoms with van der Waals surface area (Å²) in [4.78, 5) is 12.7. The summed E-state index contributed by atoms with van der Waals surface area (Å²) in [6.07, 6.45) is 0. The van der Waals surface area contributed by atoms with E-state index in [-0.39, 0.29) is 12.1 Å². The van der Waals surface area contributed by atoms with Crippen molar-refractivity contribution in [3.8, 4) is 0 Å². The molecule has 1 atom stereocenters. The number of carbonyl (C=O) groups excluding carboxylic acids is 1. The molecule has 3 nitrogen and oxygen atoms in total. The number of nitrogens with one attached hydrogen (secondary N) is 2. The molecule has 2 heterocycles. The van der Waals surface area contributed by atoms with Gasteiger partial charge < -0.3 is 10.6 Å². The average Bonchev–Trinajstić information content (AvgIpc) is 2.81. The third-order valence-electron chi connectivity index (χ3n) is 2.62. The minimum absolute atomic E-state index is 0.0232. The fourth-order valence-electron chi connectivity index (χ4n) is 1.91. The summed E-state index contributed by atoms with van der Waals surface area (Å²) in [6, 6.07) is 11.7. The number of para-hydroxylation sites is 1. The van der Waals surface area contributed by atoms with E-state index in [1.807, 2.05) is 41.8 Å². The molecule has 3 rings (SSSR count). The molecule has 0 aliphatic carbocycles. The summed E-state index contributed by atoms with van der Waals surface area (Å²) in [5.74, 6) is 0. The Labute approximate surface area is 97.1 Å². The van der Waals surface area contributed by atoms with Gasteiger partial charge in [0, 0.05) is 16.1 Å². The van der Waals surface area contributed by atoms with E-state index in [1.54, 1.807) is 11.3 Å². The minimum Gasteiger partial charge on any atom is -0.326 e. The number of benzene rings is 1. The minimum atomic E-state index is -0.142. The zero-order valence-electron chi connectivity index (χ0n) is 8.44. The van der Waals surface area contributed by atoms with Crippen molar-refractivity contribution in [3.05, 3.63) is 52.2 Å². The fraction of sp³-hybridized carbons (Fsp3) is 0.0833. The number of fused-ring (bicyclic) bond motifs is 1. The lowest BCUT2D eigenvalue weighted by Crippen LogP contribution is -2.37. The number of rotatable bonds is 1. The molecule has 0 saturated heterocycles. The first kappa shape index (κ1) is 9.42. The molecule has 1 aromatic carbocycles. The summed E-state index contributed by atoms with van der Waals surface area (Å²) in [7, 11) is 0. The van der Waals surface area contributed by atoms with E-state index in [9.17, 15) is 4.79 Å². The summed E-state index contributed by atoms with van der Waals surface area (Å²) < 4.78 is 0. The van der Waals surface area contributed by atoms with E-state index in [1.165, 1.54) is 0 Å². The maximum atomic E-state index is 11.5. The largest absolute Gasteiger partial charge is 0.326 e. The quantitative estimate of drug-likeness (QED) is 0.777. The van der Waals surface area contributed by atoms with Gasteiger partial charge in [0.05, 0.1) is 6.04 Å². The maximum absolute atomic E-state index is 11.5. The molecule has 1 unspecified atom stereocenters. The number of hydrogen-bond donors (Lipinski definition) is 2. The molecule has 2 aromatic rings. The first-order valence-electron chi connectivity index (χ1n) is 5.04. The van der Waals surface area contributed by atoms with Crippen LogP contribution in [0.5, 0.6) is 0 Å². The van der Waals surface area contributed by atoms with Gasteiger partial charge in [0.25, 0.3) is 0 Å². The molecule has 0 saturated carbocycles. The second-order valence-electron chi connectivity index (χ2n) is 3.63. The molecule has 0 fully saturated rings. The molecular formula is C12H10N2OS. The molecule has 80 valence electrons. The lowest BCUT2D eigenvalue weighted by Gasteiger charge is -2.26. The fourth-order valence-corrected chi connectivity index (χ4v) is 2.70. The molecule has 0 radical (unpaired) electrons. The van der Waals surface area contributed by atoms with Gasteiger partial charge in [-0.05, 0) is 17.5 Å². The summed E-state index contributed by atoms with van der Waals surface area (Å²) in [5.41, 5.74) is 2.01.